The molecule has 0 aliphatic heterocycles. The summed E-state index contributed by atoms with van der Waals surface area (Å²) in [6.45, 7) is 2.76. The van der Waals surface area contributed by atoms with Crippen LogP contribution in [0.2, 0.25) is 0 Å². The minimum absolute atomic E-state index is 0.0643. The number of Topliss-reactive ketones (excluding diaryl/α,β-unsaturated/α-hetero) is 1. The topological polar surface area (TPSA) is 38.3 Å². The third kappa shape index (κ3) is 3.92. The second kappa shape index (κ2) is 7.71. The lowest BCUT2D eigenvalue weighted by Gasteiger charge is -2.11. The quantitative estimate of drug-likeness (QED) is 0.655. The van der Waals surface area contributed by atoms with E-state index in [0.29, 0.717) is 17.0 Å². The predicted octanol–water partition coefficient (Wildman–Crippen LogP) is 3.41. The van der Waals surface area contributed by atoms with Gasteiger partial charge in [0, 0.05) is 24.1 Å². The zero-order valence-corrected chi connectivity index (χ0v) is 13.6. The Morgan fingerprint density at radius 1 is 1.14 bits per heavy atom. The van der Waals surface area contributed by atoms with E-state index in [-0.39, 0.29) is 5.78 Å². The van der Waals surface area contributed by atoms with Gasteiger partial charge in [0.25, 0.3) is 0 Å². The largest absolute Gasteiger partial charge is 0.497 e. The fourth-order valence-electron chi connectivity index (χ4n) is 2.20. The van der Waals surface area contributed by atoms with Crippen LogP contribution < -0.4 is 10.1 Å². The molecular weight excluding hydrogens is 294 g/mol. The van der Waals surface area contributed by atoms with Crippen molar-refractivity contribution in [1.29, 1.82) is 0 Å². The number of carbonyl (C=O) groups is 1. The molecule has 0 saturated carbocycles. The van der Waals surface area contributed by atoms with E-state index in [1.54, 1.807) is 31.4 Å². The number of carbonyl (C=O) groups excluding carboxylic acids is 1. The third-order valence-electron chi connectivity index (χ3n) is 3.36. The maximum absolute atomic E-state index is 12.4. The normalized spacial score (nSPS) is 10.1. The molecule has 2 aromatic carbocycles. The summed E-state index contributed by atoms with van der Waals surface area (Å²) in [5, 5.41) is 3.13. The van der Waals surface area contributed by atoms with Crippen molar-refractivity contribution in [2.45, 2.75) is 13.3 Å². The van der Waals surface area contributed by atoms with Crippen LogP contribution in [-0.2, 0) is 6.42 Å². The second-order valence-corrected chi connectivity index (χ2v) is 5.25. The van der Waals surface area contributed by atoms with Crippen LogP contribution in [0, 0.1) is 0 Å². The van der Waals surface area contributed by atoms with Crippen LogP contribution in [-0.4, -0.2) is 24.4 Å². The van der Waals surface area contributed by atoms with E-state index in [1.165, 1.54) is 0 Å². The number of hydrogen-bond acceptors (Lipinski definition) is 3. The maximum atomic E-state index is 12.4. The van der Waals surface area contributed by atoms with Gasteiger partial charge in [-0.15, -0.1) is 0 Å². The fraction of sp³-hybridized carbons (Fsp3) is 0.222. The molecular formula is C18H19NO2S. The molecule has 0 amide bonds. The van der Waals surface area contributed by atoms with Crippen LogP contribution in [0.25, 0.3) is 0 Å². The second-order valence-electron chi connectivity index (χ2n) is 4.85. The summed E-state index contributed by atoms with van der Waals surface area (Å²) in [6.07, 6.45) is 0.327. The molecule has 0 bridgehead atoms. The van der Waals surface area contributed by atoms with Gasteiger partial charge in [-0.25, -0.2) is 0 Å². The van der Waals surface area contributed by atoms with Crippen molar-refractivity contribution in [1.82, 2.24) is 5.32 Å². The smallest absolute Gasteiger partial charge is 0.167 e. The molecule has 0 heterocycles. The van der Waals surface area contributed by atoms with Gasteiger partial charge in [0.05, 0.1) is 7.11 Å². The zero-order valence-electron chi connectivity index (χ0n) is 12.8. The van der Waals surface area contributed by atoms with Gasteiger partial charge in [0.15, 0.2) is 5.78 Å². The Bertz CT molecular complexity index is 665. The molecule has 0 aliphatic rings. The Hall–Kier alpha value is -2.20. The minimum Gasteiger partial charge on any atom is -0.497 e. The van der Waals surface area contributed by atoms with Crippen molar-refractivity contribution >= 4 is 23.0 Å². The minimum atomic E-state index is 0.0643. The molecule has 0 spiro atoms. The predicted molar refractivity (Wildman–Crippen MR) is 92.8 cm³/mol. The van der Waals surface area contributed by atoms with Crippen LogP contribution in [0.1, 0.15) is 28.4 Å². The summed E-state index contributed by atoms with van der Waals surface area (Å²) in [4.78, 5) is 13.1. The molecule has 22 heavy (non-hydrogen) atoms. The summed E-state index contributed by atoms with van der Waals surface area (Å²) in [6, 6.07) is 14.9. The first-order valence-electron chi connectivity index (χ1n) is 7.19. The highest BCUT2D eigenvalue weighted by Crippen LogP contribution is 2.16. The first-order valence-corrected chi connectivity index (χ1v) is 7.60. The average molecular weight is 313 g/mol. The van der Waals surface area contributed by atoms with Crippen molar-refractivity contribution in [3.05, 3.63) is 65.2 Å². The fourth-order valence-corrected chi connectivity index (χ4v) is 2.55. The summed E-state index contributed by atoms with van der Waals surface area (Å²) in [5.74, 6) is 0.805. The highest BCUT2D eigenvalue weighted by Gasteiger charge is 2.12. The highest BCUT2D eigenvalue weighted by molar-refractivity contribution is 7.80. The van der Waals surface area contributed by atoms with Gasteiger partial charge < -0.3 is 10.1 Å². The lowest BCUT2D eigenvalue weighted by molar-refractivity contribution is 0.0993. The van der Waals surface area contributed by atoms with E-state index in [9.17, 15) is 4.79 Å². The van der Waals surface area contributed by atoms with Crippen LogP contribution >= 0.6 is 12.2 Å². The SMILES string of the molecule is CCNC(=S)c1ccccc1CC(=O)c1ccc(OC)cc1. The van der Waals surface area contributed by atoms with Crippen molar-refractivity contribution in [2.24, 2.45) is 0 Å². The number of hydrogen-bond donors (Lipinski definition) is 1. The average Bonchev–Trinajstić information content (AvgIpc) is 2.55. The number of methoxy groups -OCH3 is 1. The molecule has 0 aromatic heterocycles. The summed E-state index contributed by atoms with van der Waals surface area (Å²) in [7, 11) is 1.61. The van der Waals surface area contributed by atoms with Crippen molar-refractivity contribution in [2.75, 3.05) is 13.7 Å². The standard InChI is InChI=1S/C18H19NO2S/c1-3-19-18(22)16-7-5-4-6-14(16)12-17(20)13-8-10-15(21-2)11-9-13/h4-11H,3,12H2,1-2H3,(H,19,22). The molecule has 0 atom stereocenters. The first kappa shape index (κ1) is 16.2. The molecule has 1 N–H and O–H groups in total. The summed E-state index contributed by atoms with van der Waals surface area (Å²) >= 11 is 5.37. The Labute approximate surface area is 136 Å². The highest BCUT2D eigenvalue weighted by atomic mass is 32.1. The Kier molecular flexibility index (Phi) is 5.67. The van der Waals surface area contributed by atoms with Gasteiger partial charge in [-0.2, -0.15) is 0 Å². The summed E-state index contributed by atoms with van der Waals surface area (Å²) in [5.41, 5.74) is 2.53. The lowest BCUT2D eigenvalue weighted by Crippen LogP contribution is -2.23. The number of benzene rings is 2. The van der Waals surface area contributed by atoms with Gasteiger partial charge in [-0.3, -0.25) is 4.79 Å². The molecule has 0 aliphatic carbocycles. The molecule has 0 fully saturated rings. The lowest BCUT2D eigenvalue weighted by atomic mass is 9.98. The number of thiocarbonyl (C=S) groups is 1. The number of nitrogens with one attached hydrogen (secondary N) is 1. The third-order valence-corrected chi connectivity index (χ3v) is 3.73. The Balaban J connectivity index is 2.19. The Morgan fingerprint density at radius 2 is 1.82 bits per heavy atom. The van der Waals surface area contributed by atoms with Crippen LogP contribution in [0.4, 0.5) is 0 Å². The van der Waals surface area contributed by atoms with Gasteiger partial charge in [0.2, 0.25) is 0 Å². The van der Waals surface area contributed by atoms with Crippen molar-refractivity contribution < 1.29 is 9.53 Å². The molecule has 0 radical (unpaired) electrons. The van der Waals surface area contributed by atoms with E-state index >= 15 is 0 Å². The molecule has 2 rings (SSSR count). The van der Waals surface area contributed by atoms with Crippen molar-refractivity contribution in [3.8, 4) is 5.75 Å². The van der Waals surface area contributed by atoms with E-state index in [1.807, 2.05) is 31.2 Å². The van der Waals surface area contributed by atoms with E-state index in [0.717, 1.165) is 23.4 Å². The van der Waals surface area contributed by atoms with E-state index in [2.05, 4.69) is 5.32 Å². The van der Waals surface area contributed by atoms with Gasteiger partial charge >= 0.3 is 0 Å². The molecule has 0 saturated heterocycles. The maximum Gasteiger partial charge on any atom is 0.167 e. The first-order chi connectivity index (χ1) is 10.7. The molecule has 2 aromatic rings. The van der Waals surface area contributed by atoms with Crippen LogP contribution in [0.5, 0.6) is 5.75 Å². The number of ether oxygens (including phenoxy) is 1. The van der Waals surface area contributed by atoms with E-state index < -0.39 is 0 Å². The van der Waals surface area contributed by atoms with Crippen LogP contribution in [0.3, 0.4) is 0 Å². The summed E-state index contributed by atoms with van der Waals surface area (Å²) < 4.78 is 5.11. The number of rotatable bonds is 6. The van der Waals surface area contributed by atoms with Gasteiger partial charge in [-0.05, 0) is 36.8 Å². The number of ketones is 1. The van der Waals surface area contributed by atoms with E-state index in [4.69, 9.17) is 17.0 Å². The van der Waals surface area contributed by atoms with Gasteiger partial charge in [-0.1, -0.05) is 36.5 Å². The molecule has 4 heteroatoms. The molecule has 3 nitrogen and oxygen atoms in total. The van der Waals surface area contributed by atoms with Crippen LogP contribution in [0.15, 0.2) is 48.5 Å². The van der Waals surface area contributed by atoms with Crippen molar-refractivity contribution in [3.63, 3.8) is 0 Å². The molecule has 114 valence electrons. The molecule has 0 unspecified atom stereocenters. The zero-order chi connectivity index (χ0) is 15.9. The van der Waals surface area contributed by atoms with Gasteiger partial charge in [0.1, 0.15) is 10.7 Å². The Morgan fingerprint density at radius 3 is 2.45 bits per heavy atom. The monoisotopic (exact) mass is 313 g/mol.